The fourth-order valence-electron chi connectivity index (χ4n) is 2.53. The molecule has 1 heterocycles. The zero-order valence-electron chi connectivity index (χ0n) is 10.8. The second kappa shape index (κ2) is 4.99. The summed E-state index contributed by atoms with van der Waals surface area (Å²) in [4.78, 5) is 0.334. The molecule has 0 saturated carbocycles. The lowest BCUT2D eigenvalue weighted by molar-refractivity contribution is 0.213. The van der Waals surface area contributed by atoms with Crippen LogP contribution in [0.15, 0.2) is 23.1 Å². The second-order valence-electron chi connectivity index (χ2n) is 4.92. The minimum absolute atomic E-state index is 0.107. The molecule has 1 saturated heterocycles. The van der Waals surface area contributed by atoms with Gasteiger partial charge in [-0.05, 0) is 49.9 Å². The number of hydrogen-bond donors (Lipinski definition) is 1. The van der Waals surface area contributed by atoms with Crippen LogP contribution in [0, 0.1) is 13.8 Å². The Balaban J connectivity index is 2.41. The first-order chi connectivity index (χ1) is 8.45. The lowest BCUT2D eigenvalue weighted by Crippen LogP contribution is -2.37. The number of sulfonamides is 1. The molecule has 0 spiro atoms. The summed E-state index contributed by atoms with van der Waals surface area (Å²) in [5, 5.41) is 9.25. The first-order valence-electron chi connectivity index (χ1n) is 6.16. The van der Waals surface area contributed by atoms with Gasteiger partial charge in [-0.15, -0.1) is 0 Å². The van der Waals surface area contributed by atoms with E-state index in [1.807, 2.05) is 19.9 Å². The van der Waals surface area contributed by atoms with Gasteiger partial charge in [0.2, 0.25) is 10.0 Å². The van der Waals surface area contributed by atoms with E-state index in [2.05, 4.69) is 0 Å². The van der Waals surface area contributed by atoms with Crippen LogP contribution in [0.25, 0.3) is 0 Å². The van der Waals surface area contributed by atoms with Crippen molar-refractivity contribution in [2.45, 2.75) is 37.6 Å². The van der Waals surface area contributed by atoms with Gasteiger partial charge in [0.05, 0.1) is 11.5 Å². The van der Waals surface area contributed by atoms with E-state index in [4.69, 9.17) is 0 Å². The highest BCUT2D eigenvalue weighted by molar-refractivity contribution is 7.89. The van der Waals surface area contributed by atoms with Gasteiger partial charge in [-0.2, -0.15) is 4.31 Å². The highest BCUT2D eigenvalue weighted by Crippen LogP contribution is 2.26. The van der Waals surface area contributed by atoms with Gasteiger partial charge in [0, 0.05) is 12.6 Å². The highest BCUT2D eigenvalue weighted by atomic mass is 32.2. The number of hydrogen-bond acceptors (Lipinski definition) is 3. The van der Waals surface area contributed by atoms with Gasteiger partial charge in [0.1, 0.15) is 0 Å². The number of nitrogens with zero attached hydrogens (tertiary/aromatic N) is 1. The molecule has 0 aromatic heterocycles. The predicted octanol–water partition coefficient (Wildman–Crippen LogP) is 1.45. The monoisotopic (exact) mass is 269 g/mol. The number of aliphatic hydroxyl groups is 1. The molecule has 5 heteroatoms. The Bertz CT molecular complexity index is 519. The molecule has 0 amide bonds. The minimum Gasteiger partial charge on any atom is -0.395 e. The van der Waals surface area contributed by atoms with E-state index in [-0.39, 0.29) is 12.6 Å². The van der Waals surface area contributed by atoms with E-state index < -0.39 is 10.0 Å². The molecule has 1 unspecified atom stereocenters. The lowest BCUT2D eigenvalue weighted by Gasteiger charge is -2.22. The van der Waals surface area contributed by atoms with Gasteiger partial charge < -0.3 is 5.11 Å². The third kappa shape index (κ3) is 2.43. The number of aryl methyl sites for hydroxylation is 2. The molecule has 1 aromatic rings. The Morgan fingerprint density at radius 3 is 2.44 bits per heavy atom. The Kier molecular flexibility index (Phi) is 3.75. The molecule has 0 radical (unpaired) electrons. The molecule has 1 atom stereocenters. The van der Waals surface area contributed by atoms with Crippen LogP contribution in [0.5, 0.6) is 0 Å². The average Bonchev–Trinajstić information content (AvgIpc) is 2.76. The summed E-state index contributed by atoms with van der Waals surface area (Å²) in [6, 6.07) is 5.06. The zero-order chi connectivity index (χ0) is 13.3. The van der Waals surface area contributed by atoms with Crippen LogP contribution in [-0.2, 0) is 10.0 Å². The summed E-state index contributed by atoms with van der Waals surface area (Å²) in [5.41, 5.74) is 1.88. The van der Waals surface area contributed by atoms with E-state index in [0.717, 1.165) is 24.0 Å². The molecule has 1 aliphatic rings. The van der Waals surface area contributed by atoms with Crippen molar-refractivity contribution in [3.63, 3.8) is 0 Å². The largest absolute Gasteiger partial charge is 0.395 e. The van der Waals surface area contributed by atoms with Crippen LogP contribution < -0.4 is 0 Å². The summed E-state index contributed by atoms with van der Waals surface area (Å²) in [5.74, 6) is 0. The average molecular weight is 269 g/mol. The maximum Gasteiger partial charge on any atom is 0.243 e. The van der Waals surface area contributed by atoms with Crippen molar-refractivity contribution in [3.8, 4) is 0 Å². The summed E-state index contributed by atoms with van der Waals surface area (Å²) < 4.78 is 26.5. The van der Waals surface area contributed by atoms with E-state index in [9.17, 15) is 13.5 Å². The van der Waals surface area contributed by atoms with Crippen LogP contribution in [-0.4, -0.2) is 37.0 Å². The second-order valence-corrected chi connectivity index (χ2v) is 6.81. The fraction of sp³-hybridized carbons (Fsp3) is 0.538. The van der Waals surface area contributed by atoms with Crippen molar-refractivity contribution in [3.05, 3.63) is 29.3 Å². The maximum atomic E-state index is 12.5. The Morgan fingerprint density at radius 2 is 1.89 bits per heavy atom. The zero-order valence-corrected chi connectivity index (χ0v) is 11.6. The van der Waals surface area contributed by atoms with Crippen molar-refractivity contribution in [1.29, 1.82) is 0 Å². The third-order valence-corrected chi connectivity index (χ3v) is 5.27. The molecular formula is C13H19NO3S. The van der Waals surface area contributed by atoms with Gasteiger partial charge in [-0.1, -0.05) is 6.07 Å². The highest BCUT2D eigenvalue weighted by Gasteiger charge is 2.34. The van der Waals surface area contributed by atoms with Crippen molar-refractivity contribution in [1.82, 2.24) is 4.31 Å². The molecule has 1 aromatic carbocycles. The normalized spacial score (nSPS) is 21.4. The topological polar surface area (TPSA) is 57.6 Å². The van der Waals surface area contributed by atoms with Crippen LogP contribution in [0.4, 0.5) is 0 Å². The Hall–Kier alpha value is -0.910. The van der Waals surface area contributed by atoms with E-state index >= 15 is 0 Å². The molecule has 1 aliphatic heterocycles. The van der Waals surface area contributed by atoms with Crippen molar-refractivity contribution < 1.29 is 13.5 Å². The standard InChI is InChI=1S/C13H19NO3S/c1-10-6-11(2)8-13(7-10)18(16,17)14-5-3-4-12(14)9-15/h6-8,12,15H,3-5,9H2,1-2H3. The number of aliphatic hydroxyl groups excluding tert-OH is 1. The minimum atomic E-state index is -3.47. The molecule has 0 bridgehead atoms. The van der Waals surface area contributed by atoms with Gasteiger partial charge in [-0.25, -0.2) is 8.42 Å². The molecule has 4 nitrogen and oxygen atoms in total. The molecule has 18 heavy (non-hydrogen) atoms. The first-order valence-corrected chi connectivity index (χ1v) is 7.60. The van der Waals surface area contributed by atoms with E-state index in [1.165, 1.54) is 4.31 Å². The molecule has 2 rings (SSSR count). The van der Waals surface area contributed by atoms with Crippen molar-refractivity contribution in [2.75, 3.05) is 13.2 Å². The molecule has 100 valence electrons. The van der Waals surface area contributed by atoms with E-state index in [0.29, 0.717) is 11.4 Å². The quantitative estimate of drug-likeness (QED) is 0.903. The lowest BCUT2D eigenvalue weighted by atomic mass is 10.2. The third-order valence-electron chi connectivity index (χ3n) is 3.34. The maximum absolute atomic E-state index is 12.5. The smallest absolute Gasteiger partial charge is 0.243 e. The van der Waals surface area contributed by atoms with Gasteiger partial charge in [-0.3, -0.25) is 0 Å². The Labute approximate surface area is 108 Å². The van der Waals surface area contributed by atoms with Crippen LogP contribution in [0.1, 0.15) is 24.0 Å². The SMILES string of the molecule is Cc1cc(C)cc(S(=O)(=O)N2CCCC2CO)c1. The summed E-state index contributed by atoms with van der Waals surface area (Å²) in [6.45, 7) is 4.17. The van der Waals surface area contributed by atoms with E-state index in [1.54, 1.807) is 12.1 Å². The van der Waals surface area contributed by atoms with Crippen molar-refractivity contribution >= 4 is 10.0 Å². The van der Waals surface area contributed by atoms with Crippen molar-refractivity contribution in [2.24, 2.45) is 0 Å². The molecule has 0 aliphatic carbocycles. The summed E-state index contributed by atoms with van der Waals surface area (Å²) >= 11 is 0. The van der Waals surface area contributed by atoms with Crippen LogP contribution in [0.3, 0.4) is 0 Å². The van der Waals surface area contributed by atoms with Crippen LogP contribution in [0.2, 0.25) is 0 Å². The predicted molar refractivity (Wildman–Crippen MR) is 69.9 cm³/mol. The fourth-order valence-corrected chi connectivity index (χ4v) is 4.40. The number of rotatable bonds is 3. The first kappa shape index (κ1) is 13.5. The molecular weight excluding hydrogens is 250 g/mol. The Morgan fingerprint density at radius 1 is 1.28 bits per heavy atom. The number of benzene rings is 1. The van der Waals surface area contributed by atoms with Crippen LogP contribution >= 0.6 is 0 Å². The summed E-state index contributed by atoms with van der Waals surface area (Å²) in [6.07, 6.45) is 1.55. The van der Waals surface area contributed by atoms with Gasteiger partial charge in [0.15, 0.2) is 0 Å². The van der Waals surface area contributed by atoms with Gasteiger partial charge >= 0.3 is 0 Å². The summed E-state index contributed by atoms with van der Waals surface area (Å²) in [7, 11) is -3.47. The molecule has 1 fully saturated rings. The molecule has 1 N–H and O–H groups in total. The van der Waals surface area contributed by atoms with Gasteiger partial charge in [0.25, 0.3) is 0 Å².